The van der Waals surface area contributed by atoms with E-state index in [2.05, 4.69) is 0 Å². The molecule has 1 atom stereocenters. The summed E-state index contributed by atoms with van der Waals surface area (Å²) in [5.41, 5.74) is 0.438. The quantitative estimate of drug-likeness (QED) is 0.291. The lowest BCUT2D eigenvalue weighted by atomic mass is 10.1. The Kier molecular flexibility index (Phi) is 7.18. The molecule has 0 radical (unpaired) electrons. The first-order valence-corrected chi connectivity index (χ1v) is 9.05. The monoisotopic (exact) mass is 438 g/mol. The van der Waals surface area contributed by atoms with E-state index in [0.717, 1.165) is 11.8 Å². The molecule has 1 aliphatic heterocycles. The van der Waals surface area contributed by atoms with Crippen LogP contribution in [-0.4, -0.2) is 52.8 Å². The fourth-order valence-electron chi connectivity index (χ4n) is 2.37. The fourth-order valence-corrected chi connectivity index (χ4v) is 3.72. The second-order valence-electron chi connectivity index (χ2n) is 5.53. The molecule has 1 aromatic rings. The van der Waals surface area contributed by atoms with Gasteiger partial charge in [-0.3, -0.25) is 9.69 Å². The molecule has 0 saturated carbocycles. The lowest BCUT2D eigenvalue weighted by Gasteiger charge is -2.27. The van der Waals surface area contributed by atoms with Crippen LogP contribution < -0.4 is 24.8 Å². The van der Waals surface area contributed by atoms with Crippen molar-refractivity contribution in [2.75, 3.05) is 13.7 Å². The number of carboxylic acid groups (broad SMARTS) is 3. The van der Waals surface area contributed by atoms with Crippen LogP contribution in [0.2, 0.25) is 0 Å². The van der Waals surface area contributed by atoms with Crippen molar-refractivity contribution in [3.05, 3.63) is 28.7 Å². The van der Waals surface area contributed by atoms with Gasteiger partial charge in [0, 0.05) is 12.4 Å². The number of methoxy groups -OCH3 is 1. The molecule has 0 N–H and O–H groups in total. The van der Waals surface area contributed by atoms with Gasteiger partial charge in [-0.15, -0.1) is 0 Å². The Bertz CT molecular complexity index is 912. The largest absolute Gasteiger partial charge is 0.550 e. The van der Waals surface area contributed by atoms with Gasteiger partial charge in [0.2, 0.25) is 0 Å². The molecule has 0 aromatic heterocycles. The average Bonchev–Trinajstić information content (AvgIpc) is 2.91. The van der Waals surface area contributed by atoms with E-state index in [0.29, 0.717) is 10.5 Å². The predicted molar refractivity (Wildman–Crippen MR) is 96.9 cm³/mol. The van der Waals surface area contributed by atoms with Gasteiger partial charge in [0.1, 0.15) is 10.9 Å². The second kappa shape index (κ2) is 9.39. The summed E-state index contributed by atoms with van der Waals surface area (Å²) in [5.74, 6) is -5.35. The summed E-state index contributed by atoms with van der Waals surface area (Å²) in [6.07, 6.45) is 0.413. The lowest BCUT2D eigenvalue weighted by molar-refractivity contribution is -0.319. The van der Waals surface area contributed by atoms with Gasteiger partial charge in [0.15, 0.2) is 11.5 Å². The minimum absolute atomic E-state index is 0.0463. The summed E-state index contributed by atoms with van der Waals surface area (Å²) < 4.78 is 9.99. The number of nitrogens with zero attached hydrogens (tertiary/aromatic N) is 1. The van der Waals surface area contributed by atoms with E-state index < -0.39 is 42.9 Å². The van der Waals surface area contributed by atoms with Crippen molar-refractivity contribution in [3.63, 3.8) is 0 Å². The van der Waals surface area contributed by atoms with E-state index in [1.165, 1.54) is 31.4 Å². The van der Waals surface area contributed by atoms with E-state index in [-0.39, 0.29) is 20.7 Å². The molecule has 29 heavy (non-hydrogen) atoms. The molecule has 1 heterocycles. The molecular formula is C17H12NO9S2-3. The predicted octanol–water partition coefficient (Wildman–Crippen LogP) is -2.72. The van der Waals surface area contributed by atoms with Gasteiger partial charge >= 0.3 is 0 Å². The highest BCUT2D eigenvalue weighted by atomic mass is 32.2. The summed E-state index contributed by atoms with van der Waals surface area (Å²) in [6, 6.07) is 2.56. The Balaban J connectivity index is 2.29. The van der Waals surface area contributed by atoms with Crippen molar-refractivity contribution in [1.29, 1.82) is 0 Å². The maximum absolute atomic E-state index is 12.6. The molecule has 1 aliphatic rings. The van der Waals surface area contributed by atoms with Gasteiger partial charge in [-0.1, -0.05) is 30.0 Å². The van der Waals surface area contributed by atoms with E-state index in [1.54, 1.807) is 0 Å². The second-order valence-corrected chi connectivity index (χ2v) is 7.21. The van der Waals surface area contributed by atoms with Gasteiger partial charge < -0.3 is 39.2 Å². The summed E-state index contributed by atoms with van der Waals surface area (Å²) in [4.78, 5) is 45.8. The molecule has 0 spiro atoms. The molecule has 1 aromatic carbocycles. The minimum atomic E-state index is -1.80. The molecule has 1 saturated heterocycles. The summed E-state index contributed by atoms with van der Waals surface area (Å²) in [6.45, 7) is -0.683. The van der Waals surface area contributed by atoms with E-state index in [1.807, 2.05) is 0 Å². The Hall–Kier alpha value is -3.12. The molecule has 10 nitrogen and oxygen atoms in total. The molecule has 1 amide bonds. The van der Waals surface area contributed by atoms with Crippen LogP contribution in [-0.2, 0) is 19.2 Å². The van der Waals surface area contributed by atoms with Gasteiger partial charge in [-0.2, -0.15) is 0 Å². The van der Waals surface area contributed by atoms with Crippen LogP contribution in [0.15, 0.2) is 23.1 Å². The number of ether oxygens (including phenoxy) is 2. The number of amides is 1. The van der Waals surface area contributed by atoms with Gasteiger partial charge in [-0.05, 0) is 23.8 Å². The highest BCUT2D eigenvalue weighted by Crippen LogP contribution is 2.36. The number of aliphatic carboxylic acids is 3. The average molecular weight is 438 g/mol. The van der Waals surface area contributed by atoms with E-state index in [9.17, 15) is 34.5 Å². The van der Waals surface area contributed by atoms with Crippen molar-refractivity contribution in [2.24, 2.45) is 0 Å². The molecule has 154 valence electrons. The number of carbonyl (C=O) groups excluding carboxylic acids is 4. The summed E-state index contributed by atoms with van der Waals surface area (Å²) in [7, 11) is 1.33. The van der Waals surface area contributed by atoms with E-state index >= 15 is 0 Å². The number of benzene rings is 1. The standard InChI is InChI=1S/C17H15NO9S2/c1-26-11-4-8(2-3-10(11)27-7-14(21)22)5-12-15(23)18(17(28)29-12)9(16(24)25)6-13(19)20/h2-5,9H,6-7H2,1H3,(H,19,20)(H,21,22)(H,24,25)/p-3/b12-5-/t9-/m0/s1. The number of rotatable bonds is 9. The van der Waals surface area contributed by atoms with Crippen LogP contribution in [0, 0.1) is 0 Å². The Morgan fingerprint density at radius 3 is 2.45 bits per heavy atom. The molecule has 0 aliphatic carbocycles. The lowest BCUT2D eigenvalue weighted by Crippen LogP contribution is -2.52. The third-order valence-corrected chi connectivity index (χ3v) is 4.93. The minimum Gasteiger partial charge on any atom is -0.550 e. The Morgan fingerprint density at radius 2 is 1.90 bits per heavy atom. The molecule has 0 bridgehead atoms. The highest BCUT2D eigenvalue weighted by molar-refractivity contribution is 8.26. The first-order valence-electron chi connectivity index (χ1n) is 7.82. The fraction of sp³-hybridized carbons (Fsp3) is 0.235. The van der Waals surface area contributed by atoms with Crippen molar-refractivity contribution in [3.8, 4) is 11.5 Å². The Morgan fingerprint density at radius 1 is 1.21 bits per heavy atom. The normalized spacial score (nSPS) is 16.0. The van der Waals surface area contributed by atoms with Gasteiger partial charge in [0.05, 0.1) is 30.0 Å². The van der Waals surface area contributed by atoms with Crippen LogP contribution in [0.3, 0.4) is 0 Å². The molecule has 2 rings (SSSR count). The molecule has 12 heteroatoms. The zero-order chi connectivity index (χ0) is 21.7. The van der Waals surface area contributed by atoms with E-state index in [4.69, 9.17) is 21.7 Å². The smallest absolute Gasteiger partial charge is 0.266 e. The first-order chi connectivity index (χ1) is 13.6. The van der Waals surface area contributed by atoms with Crippen LogP contribution in [0.25, 0.3) is 6.08 Å². The SMILES string of the molecule is COc1cc(/C=C2\SC(=S)N([C@@H](CC(=O)[O-])C(=O)[O-])C2=O)ccc1OCC(=O)[O-]. The number of thioether (sulfide) groups is 1. The maximum atomic E-state index is 12.6. The summed E-state index contributed by atoms with van der Waals surface area (Å²) >= 11 is 5.79. The molecule has 1 fully saturated rings. The van der Waals surface area contributed by atoms with Crippen molar-refractivity contribution in [1.82, 2.24) is 4.90 Å². The topological polar surface area (TPSA) is 159 Å². The molecule has 0 unspecified atom stereocenters. The van der Waals surface area contributed by atoms with Crippen LogP contribution >= 0.6 is 24.0 Å². The zero-order valence-electron chi connectivity index (χ0n) is 14.7. The number of hydrogen-bond donors (Lipinski definition) is 0. The third-order valence-electron chi connectivity index (χ3n) is 3.60. The van der Waals surface area contributed by atoms with Crippen LogP contribution in [0.4, 0.5) is 0 Å². The number of carboxylic acids is 3. The number of carbonyl (C=O) groups is 4. The highest BCUT2D eigenvalue weighted by Gasteiger charge is 2.37. The first kappa shape index (κ1) is 22.2. The number of hydrogen-bond acceptors (Lipinski definition) is 11. The summed E-state index contributed by atoms with van der Waals surface area (Å²) in [5, 5.41) is 32.5. The van der Waals surface area contributed by atoms with Crippen molar-refractivity contribution >= 4 is 58.2 Å². The number of thiocarbonyl (C=S) groups is 1. The van der Waals surface area contributed by atoms with Crippen LogP contribution in [0.1, 0.15) is 12.0 Å². The maximum Gasteiger partial charge on any atom is 0.266 e. The van der Waals surface area contributed by atoms with Gasteiger partial charge in [-0.25, -0.2) is 0 Å². The van der Waals surface area contributed by atoms with Gasteiger partial charge in [0.25, 0.3) is 5.91 Å². The van der Waals surface area contributed by atoms with Crippen molar-refractivity contribution in [2.45, 2.75) is 12.5 Å². The zero-order valence-corrected chi connectivity index (χ0v) is 16.4. The van der Waals surface area contributed by atoms with Crippen molar-refractivity contribution < 1.29 is 44.0 Å². The Labute approximate surface area is 173 Å². The third kappa shape index (κ3) is 5.45. The van der Waals surface area contributed by atoms with Crippen LogP contribution in [0.5, 0.6) is 11.5 Å². The molecular weight excluding hydrogens is 426 g/mol.